The first-order chi connectivity index (χ1) is 8.71. The highest BCUT2D eigenvalue weighted by Crippen LogP contribution is 2.51. The van der Waals surface area contributed by atoms with Crippen molar-refractivity contribution in [3.63, 3.8) is 0 Å². The Labute approximate surface area is 115 Å². The molecule has 1 saturated carbocycles. The third kappa shape index (κ3) is 2.33. The van der Waals surface area contributed by atoms with E-state index < -0.39 is 0 Å². The van der Waals surface area contributed by atoms with E-state index in [9.17, 15) is 0 Å². The molecule has 0 amide bonds. The molecule has 3 rings (SSSR count). The van der Waals surface area contributed by atoms with Gasteiger partial charge in [0.05, 0.1) is 0 Å². The van der Waals surface area contributed by atoms with E-state index in [0.29, 0.717) is 11.5 Å². The van der Waals surface area contributed by atoms with Crippen LogP contribution in [0, 0.1) is 11.3 Å². The van der Waals surface area contributed by atoms with Crippen molar-refractivity contribution in [3.05, 3.63) is 29.8 Å². The minimum absolute atomic E-state index is 0.582. The highest BCUT2D eigenvalue weighted by molar-refractivity contribution is 7.99. The van der Waals surface area contributed by atoms with Gasteiger partial charge in [-0.05, 0) is 48.0 Å². The predicted octanol–water partition coefficient (Wildman–Crippen LogP) is 4.25. The summed E-state index contributed by atoms with van der Waals surface area (Å²) in [5.74, 6) is 2.07. The van der Waals surface area contributed by atoms with E-state index in [-0.39, 0.29) is 0 Å². The van der Waals surface area contributed by atoms with E-state index in [1.54, 1.807) is 0 Å². The Morgan fingerprint density at radius 1 is 1.33 bits per heavy atom. The second-order valence-corrected chi connectivity index (χ2v) is 7.26. The Balaban J connectivity index is 1.68. The molecule has 0 saturated heterocycles. The molecule has 1 N–H and O–H groups in total. The molecular formula is C16H23NS. The van der Waals surface area contributed by atoms with Gasteiger partial charge in [-0.2, -0.15) is 0 Å². The van der Waals surface area contributed by atoms with Gasteiger partial charge in [0.25, 0.3) is 0 Å². The molecule has 1 unspecified atom stereocenters. The summed E-state index contributed by atoms with van der Waals surface area (Å²) >= 11 is 2.01. The van der Waals surface area contributed by atoms with Crippen molar-refractivity contribution in [1.82, 2.24) is 5.32 Å². The summed E-state index contributed by atoms with van der Waals surface area (Å²) in [6.45, 7) is 5.95. The Bertz CT molecular complexity index is 423. The summed E-state index contributed by atoms with van der Waals surface area (Å²) in [7, 11) is 0. The van der Waals surface area contributed by atoms with Crippen LogP contribution in [0.3, 0.4) is 0 Å². The van der Waals surface area contributed by atoms with Crippen LogP contribution >= 0.6 is 11.8 Å². The van der Waals surface area contributed by atoms with Crippen LogP contribution in [0.15, 0.2) is 29.2 Å². The van der Waals surface area contributed by atoms with Gasteiger partial charge in [-0.15, -0.1) is 11.8 Å². The van der Waals surface area contributed by atoms with Gasteiger partial charge in [0, 0.05) is 17.5 Å². The monoisotopic (exact) mass is 261 g/mol. The summed E-state index contributed by atoms with van der Waals surface area (Å²) in [4.78, 5) is 1.48. The maximum atomic E-state index is 3.85. The molecular weight excluding hydrogens is 238 g/mol. The lowest BCUT2D eigenvalue weighted by molar-refractivity contribution is 0.317. The molecule has 2 aliphatic rings. The highest BCUT2D eigenvalue weighted by atomic mass is 32.2. The standard InChI is InChI=1S/C16H23NS/c1-12(2)16(8-9-16)11-17-14-7-10-18-15-6-4-3-5-13(14)15/h3-6,12,14,17H,7-11H2,1-2H3. The fourth-order valence-electron chi connectivity index (χ4n) is 3.00. The molecule has 0 spiro atoms. The van der Waals surface area contributed by atoms with Crippen molar-refractivity contribution in [2.45, 2.75) is 44.0 Å². The van der Waals surface area contributed by atoms with Crippen LogP contribution in [-0.4, -0.2) is 12.3 Å². The number of nitrogens with one attached hydrogen (secondary N) is 1. The Morgan fingerprint density at radius 3 is 2.83 bits per heavy atom. The molecule has 1 aromatic carbocycles. The average molecular weight is 261 g/mol. The van der Waals surface area contributed by atoms with E-state index in [1.165, 1.54) is 42.0 Å². The van der Waals surface area contributed by atoms with Crippen molar-refractivity contribution < 1.29 is 0 Å². The van der Waals surface area contributed by atoms with Crippen LogP contribution in [0.25, 0.3) is 0 Å². The maximum Gasteiger partial charge on any atom is 0.0339 e. The van der Waals surface area contributed by atoms with Gasteiger partial charge in [-0.3, -0.25) is 0 Å². The van der Waals surface area contributed by atoms with Crippen molar-refractivity contribution in [2.24, 2.45) is 11.3 Å². The molecule has 98 valence electrons. The summed E-state index contributed by atoms with van der Waals surface area (Å²) in [5, 5.41) is 3.85. The van der Waals surface area contributed by atoms with Gasteiger partial charge in [-0.25, -0.2) is 0 Å². The summed E-state index contributed by atoms with van der Waals surface area (Å²) in [6, 6.07) is 9.48. The van der Waals surface area contributed by atoms with Gasteiger partial charge in [0.2, 0.25) is 0 Å². The molecule has 1 atom stereocenters. The number of hydrogen-bond acceptors (Lipinski definition) is 2. The number of thioether (sulfide) groups is 1. The zero-order valence-corrected chi connectivity index (χ0v) is 12.2. The molecule has 1 fully saturated rings. The van der Waals surface area contributed by atoms with Gasteiger partial charge in [0.15, 0.2) is 0 Å². The zero-order valence-electron chi connectivity index (χ0n) is 11.4. The largest absolute Gasteiger partial charge is 0.309 e. The quantitative estimate of drug-likeness (QED) is 0.869. The molecule has 1 aliphatic carbocycles. The molecule has 0 radical (unpaired) electrons. The summed E-state index contributed by atoms with van der Waals surface area (Å²) in [6.07, 6.45) is 4.11. The van der Waals surface area contributed by atoms with Gasteiger partial charge >= 0.3 is 0 Å². The van der Waals surface area contributed by atoms with Crippen LogP contribution in [0.5, 0.6) is 0 Å². The molecule has 2 heteroatoms. The maximum absolute atomic E-state index is 3.85. The van der Waals surface area contributed by atoms with Crippen LogP contribution < -0.4 is 5.32 Å². The van der Waals surface area contributed by atoms with Crippen LogP contribution in [-0.2, 0) is 0 Å². The number of rotatable bonds is 4. The molecule has 18 heavy (non-hydrogen) atoms. The fourth-order valence-corrected chi connectivity index (χ4v) is 4.12. The first kappa shape index (κ1) is 12.6. The third-order valence-electron chi connectivity index (χ3n) is 4.78. The molecule has 1 aromatic rings. The topological polar surface area (TPSA) is 12.0 Å². The first-order valence-corrected chi connectivity index (χ1v) is 8.15. The van der Waals surface area contributed by atoms with Crippen molar-refractivity contribution in [2.75, 3.05) is 12.3 Å². The lowest BCUT2D eigenvalue weighted by atomic mass is 9.91. The summed E-state index contributed by atoms with van der Waals surface area (Å²) in [5.41, 5.74) is 2.13. The predicted molar refractivity (Wildman–Crippen MR) is 79.0 cm³/mol. The van der Waals surface area contributed by atoms with Crippen LogP contribution in [0.4, 0.5) is 0 Å². The smallest absolute Gasteiger partial charge is 0.0339 e. The van der Waals surface area contributed by atoms with Crippen LogP contribution in [0.1, 0.15) is 44.7 Å². The van der Waals surface area contributed by atoms with Gasteiger partial charge in [-0.1, -0.05) is 32.0 Å². The normalized spacial score (nSPS) is 24.9. The minimum Gasteiger partial charge on any atom is -0.309 e. The number of hydrogen-bond donors (Lipinski definition) is 1. The van der Waals surface area contributed by atoms with E-state index in [2.05, 4.69) is 43.4 Å². The Morgan fingerprint density at radius 2 is 2.11 bits per heavy atom. The molecule has 1 heterocycles. The summed E-state index contributed by atoms with van der Waals surface area (Å²) < 4.78 is 0. The lowest BCUT2D eigenvalue weighted by Crippen LogP contribution is -2.32. The van der Waals surface area contributed by atoms with Crippen molar-refractivity contribution >= 4 is 11.8 Å². The zero-order chi connectivity index (χ0) is 12.6. The van der Waals surface area contributed by atoms with E-state index in [0.717, 1.165) is 5.92 Å². The van der Waals surface area contributed by atoms with Gasteiger partial charge < -0.3 is 5.32 Å². The van der Waals surface area contributed by atoms with Crippen molar-refractivity contribution in [3.8, 4) is 0 Å². The molecule has 0 aromatic heterocycles. The fraction of sp³-hybridized carbons (Fsp3) is 0.625. The Hall–Kier alpha value is -0.470. The second kappa shape index (κ2) is 4.90. The average Bonchev–Trinajstić information content (AvgIpc) is 3.17. The third-order valence-corrected chi connectivity index (χ3v) is 5.90. The molecule has 0 bridgehead atoms. The molecule has 1 aliphatic heterocycles. The van der Waals surface area contributed by atoms with E-state index in [1.807, 2.05) is 11.8 Å². The van der Waals surface area contributed by atoms with E-state index in [4.69, 9.17) is 0 Å². The number of benzene rings is 1. The van der Waals surface area contributed by atoms with E-state index >= 15 is 0 Å². The van der Waals surface area contributed by atoms with Crippen LogP contribution in [0.2, 0.25) is 0 Å². The van der Waals surface area contributed by atoms with Gasteiger partial charge in [0.1, 0.15) is 0 Å². The minimum atomic E-state index is 0.582. The second-order valence-electron chi connectivity index (χ2n) is 6.13. The number of fused-ring (bicyclic) bond motifs is 1. The first-order valence-electron chi connectivity index (χ1n) is 7.16. The van der Waals surface area contributed by atoms with Crippen molar-refractivity contribution in [1.29, 1.82) is 0 Å². The highest BCUT2D eigenvalue weighted by Gasteiger charge is 2.45. The molecule has 1 nitrogen and oxygen atoms in total. The SMILES string of the molecule is CC(C)C1(CNC2CCSc3ccccc32)CC1. The Kier molecular flexibility index (Phi) is 3.42. The lowest BCUT2D eigenvalue weighted by Gasteiger charge is -2.29.